The van der Waals surface area contributed by atoms with Gasteiger partial charge in [0, 0.05) is 17.8 Å². The summed E-state index contributed by atoms with van der Waals surface area (Å²) in [6.07, 6.45) is 4.67. The maximum Gasteiger partial charge on any atom is 0.281 e. The van der Waals surface area contributed by atoms with Gasteiger partial charge in [-0.3, -0.25) is 10.0 Å². The minimum absolute atomic E-state index is 0.0153. The lowest BCUT2D eigenvalue weighted by molar-refractivity contribution is -0.0647. The van der Waals surface area contributed by atoms with E-state index in [9.17, 15) is 18.4 Å². The van der Waals surface area contributed by atoms with Gasteiger partial charge in [-0.25, -0.2) is 13.5 Å². The molecule has 0 radical (unpaired) electrons. The molecule has 0 bridgehead atoms. The lowest BCUT2D eigenvalue weighted by Crippen LogP contribution is -2.33. The first-order chi connectivity index (χ1) is 15.6. The van der Waals surface area contributed by atoms with Crippen LogP contribution in [-0.2, 0) is 9.84 Å². The largest absolute Gasteiger partial charge is 0.378 e. The number of nitrogens with one attached hydrogen (secondary N) is 1. The van der Waals surface area contributed by atoms with E-state index in [0.29, 0.717) is 22.9 Å². The van der Waals surface area contributed by atoms with Gasteiger partial charge in [-0.1, -0.05) is 31.5 Å². The SMILES string of the molecule is CC1(C)CC(n2ccc3ccc(S(=O)(=O)c4ccc(Cl)c5c4N[C@@H]4CC4N(O)C5=O)cc32)C1. The number of carbonyl (C=O) groups excluding carboxylic acids is 1. The highest BCUT2D eigenvalue weighted by atomic mass is 35.5. The fourth-order valence-corrected chi connectivity index (χ4v) is 7.03. The first-order valence-electron chi connectivity index (χ1n) is 11.0. The standard InChI is InChI=1S/C24H24ClN3O4S/c1-24(2)11-14(12-24)27-8-7-13-3-4-15(9-18(13)27)33(31,32)20-6-5-16(25)21-22(20)26-17-10-19(17)28(30)23(21)29/h3-9,14,17,19,26,30H,10-12H2,1-2H3/t17-,19?/m1/s1. The summed E-state index contributed by atoms with van der Waals surface area (Å²) >= 11 is 6.27. The lowest BCUT2D eigenvalue weighted by atomic mass is 9.68. The third kappa shape index (κ3) is 3.11. The summed E-state index contributed by atoms with van der Waals surface area (Å²) in [5, 5.41) is 15.1. The monoisotopic (exact) mass is 485 g/mol. The number of hydrogen-bond donors (Lipinski definition) is 2. The van der Waals surface area contributed by atoms with Crippen LogP contribution < -0.4 is 5.32 Å². The van der Waals surface area contributed by atoms with Gasteiger partial charge >= 0.3 is 0 Å². The number of nitrogens with zero attached hydrogens (tertiary/aromatic N) is 2. The average Bonchev–Trinajstić information content (AvgIpc) is 3.39. The summed E-state index contributed by atoms with van der Waals surface area (Å²) < 4.78 is 29.8. The van der Waals surface area contributed by atoms with E-state index in [1.165, 1.54) is 12.1 Å². The molecule has 33 heavy (non-hydrogen) atoms. The smallest absolute Gasteiger partial charge is 0.281 e. The Morgan fingerprint density at radius 3 is 2.64 bits per heavy atom. The van der Waals surface area contributed by atoms with Crippen molar-refractivity contribution in [2.45, 2.75) is 61.0 Å². The van der Waals surface area contributed by atoms with Crippen molar-refractivity contribution in [2.75, 3.05) is 5.32 Å². The number of halogens is 1. The van der Waals surface area contributed by atoms with E-state index in [0.717, 1.165) is 23.7 Å². The van der Waals surface area contributed by atoms with Gasteiger partial charge in [-0.2, -0.15) is 0 Å². The second-order valence-electron chi connectivity index (χ2n) is 10.2. The summed E-state index contributed by atoms with van der Waals surface area (Å²) in [6, 6.07) is 9.73. The topological polar surface area (TPSA) is 91.6 Å². The van der Waals surface area contributed by atoms with E-state index in [-0.39, 0.29) is 38.1 Å². The molecule has 2 fully saturated rings. The van der Waals surface area contributed by atoms with Crippen LogP contribution in [-0.4, -0.2) is 41.2 Å². The minimum Gasteiger partial charge on any atom is -0.378 e. The molecule has 172 valence electrons. The van der Waals surface area contributed by atoms with E-state index in [4.69, 9.17) is 11.6 Å². The Morgan fingerprint density at radius 1 is 1.15 bits per heavy atom. The highest BCUT2D eigenvalue weighted by Crippen LogP contribution is 2.49. The second kappa shape index (κ2) is 6.74. The zero-order valence-electron chi connectivity index (χ0n) is 18.2. The highest BCUT2D eigenvalue weighted by molar-refractivity contribution is 7.91. The van der Waals surface area contributed by atoms with Crippen molar-refractivity contribution < 1.29 is 18.4 Å². The van der Waals surface area contributed by atoms with Crippen LogP contribution >= 0.6 is 11.6 Å². The predicted molar refractivity (Wildman–Crippen MR) is 125 cm³/mol. The molecule has 2 heterocycles. The maximum atomic E-state index is 13.8. The fourth-order valence-electron chi connectivity index (χ4n) is 5.35. The molecule has 1 aromatic heterocycles. The molecule has 1 aliphatic heterocycles. The van der Waals surface area contributed by atoms with Gasteiger partial charge in [0.25, 0.3) is 5.91 Å². The van der Waals surface area contributed by atoms with E-state index < -0.39 is 15.7 Å². The van der Waals surface area contributed by atoms with Crippen molar-refractivity contribution in [3.8, 4) is 0 Å². The fraction of sp³-hybridized carbons (Fsp3) is 0.375. The van der Waals surface area contributed by atoms with Crippen LogP contribution in [0.2, 0.25) is 5.02 Å². The number of hydrogen-bond acceptors (Lipinski definition) is 5. The number of amides is 1. The van der Waals surface area contributed by atoms with Crippen LogP contribution in [0.4, 0.5) is 5.69 Å². The summed E-state index contributed by atoms with van der Waals surface area (Å²) in [5.41, 5.74) is 1.32. The van der Waals surface area contributed by atoms with E-state index in [1.807, 2.05) is 18.3 Å². The molecule has 2 saturated carbocycles. The Labute approximate surface area is 196 Å². The molecule has 6 rings (SSSR count). The normalized spacial score (nSPS) is 24.0. The van der Waals surface area contributed by atoms with Gasteiger partial charge in [0.2, 0.25) is 9.84 Å². The molecule has 3 aromatic rings. The van der Waals surface area contributed by atoms with Crippen molar-refractivity contribution in [1.82, 2.24) is 9.63 Å². The van der Waals surface area contributed by atoms with E-state index >= 15 is 0 Å². The van der Waals surface area contributed by atoms with Crippen molar-refractivity contribution in [3.63, 3.8) is 0 Å². The van der Waals surface area contributed by atoms with Gasteiger partial charge in [-0.05, 0) is 60.4 Å². The Kier molecular flexibility index (Phi) is 4.29. The zero-order valence-corrected chi connectivity index (χ0v) is 19.8. The Bertz CT molecular complexity index is 1440. The van der Waals surface area contributed by atoms with Crippen LogP contribution in [0.25, 0.3) is 10.9 Å². The van der Waals surface area contributed by atoms with Gasteiger partial charge in [0.15, 0.2) is 0 Å². The lowest BCUT2D eigenvalue weighted by Gasteiger charge is -2.43. The van der Waals surface area contributed by atoms with Crippen LogP contribution in [0.15, 0.2) is 52.4 Å². The molecule has 7 nitrogen and oxygen atoms in total. The molecular weight excluding hydrogens is 462 g/mol. The number of sulfone groups is 1. The Balaban J connectivity index is 1.47. The van der Waals surface area contributed by atoms with E-state index in [1.54, 1.807) is 12.1 Å². The first kappa shape index (κ1) is 21.0. The minimum atomic E-state index is -3.97. The van der Waals surface area contributed by atoms with Crippen LogP contribution in [0.1, 0.15) is 49.5 Å². The summed E-state index contributed by atoms with van der Waals surface area (Å²) in [6.45, 7) is 4.48. The van der Waals surface area contributed by atoms with Crippen molar-refractivity contribution in [3.05, 3.63) is 53.2 Å². The molecule has 1 amide bonds. The number of fused-ring (bicyclic) bond motifs is 3. The molecule has 0 spiro atoms. The molecule has 2 N–H and O–H groups in total. The zero-order chi connectivity index (χ0) is 23.3. The number of carbonyl (C=O) groups is 1. The summed E-state index contributed by atoms with van der Waals surface area (Å²) in [7, 11) is -3.97. The number of rotatable bonds is 3. The number of anilines is 1. The summed E-state index contributed by atoms with van der Waals surface area (Å²) in [4.78, 5) is 13.0. The molecule has 2 aliphatic carbocycles. The molecular formula is C24H24ClN3O4S. The molecule has 9 heteroatoms. The second-order valence-corrected chi connectivity index (χ2v) is 12.5. The third-order valence-corrected chi connectivity index (χ3v) is 9.31. The molecule has 2 atom stereocenters. The van der Waals surface area contributed by atoms with Crippen molar-refractivity contribution >= 4 is 43.9 Å². The third-order valence-electron chi connectivity index (χ3n) is 7.20. The van der Waals surface area contributed by atoms with Crippen molar-refractivity contribution in [1.29, 1.82) is 0 Å². The highest BCUT2D eigenvalue weighted by Gasteiger charge is 2.49. The Morgan fingerprint density at radius 2 is 1.91 bits per heavy atom. The first-order valence-corrected chi connectivity index (χ1v) is 12.9. The van der Waals surface area contributed by atoms with Gasteiger partial charge < -0.3 is 9.88 Å². The summed E-state index contributed by atoms with van der Waals surface area (Å²) in [5.74, 6) is -0.693. The predicted octanol–water partition coefficient (Wildman–Crippen LogP) is 4.89. The number of hydroxylamine groups is 2. The van der Waals surface area contributed by atoms with E-state index in [2.05, 4.69) is 23.7 Å². The Hall–Kier alpha value is -2.55. The molecule has 0 saturated heterocycles. The van der Waals surface area contributed by atoms with Crippen molar-refractivity contribution in [2.24, 2.45) is 5.41 Å². The van der Waals surface area contributed by atoms with Gasteiger partial charge in [-0.15, -0.1) is 0 Å². The molecule has 3 aliphatic rings. The van der Waals surface area contributed by atoms with Gasteiger partial charge in [0.1, 0.15) is 0 Å². The number of aromatic nitrogens is 1. The molecule has 2 aromatic carbocycles. The maximum absolute atomic E-state index is 13.8. The van der Waals surface area contributed by atoms with Gasteiger partial charge in [0.05, 0.1) is 38.1 Å². The molecule has 1 unspecified atom stereocenters. The average molecular weight is 486 g/mol. The number of benzene rings is 2. The van der Waals surface area contributed by atoms with Crippen LogP contribution in [0.3, 0.4) is 0 Å². The quantitative estimate of drug-likeness (QED) is 0.515. The van der Waals surface area contributed by atoms with Crippen LogP contribution in [0.5, 0.6) is 0 Å². The van der Waals surface area contributed by atoms with Crippen LogP contribution in [0, 0.1) is 5.41 Å².